The van der Waals surface area contributed by atoms with Gasteiger partial charge in [-0.15, -0.1) is 0 Å². The number of rotatable bonds is 4. The first-order chi connectivity index (χ1) is 14.6. The van der Waals surface area contributed by atoms with Gasteiger partial charge >= 0.3 is 0 Å². The van der Waals surface area contributed by atoms with Gasteiger partial charge in [0, 0.05) is 26.1 Å². The van der Waals surface area contributed by atoms with Crippen molar-refractivity contribution in [2.75, 3.05) is 24.3 Å². The molecule has 5 heteroatoms. The molecule has 30 heavy (non-hydrogen) atoms. The molecule has 0 spiro atoms. The lowest BCUT2D eigenvalue weighted by Gasteiger charge is -2.30. The first kappa shape index (κ1) is 19.5. The number of nitrogens with one attached hydrogen (secondary N) is 2. The smallest absolute Gasteiger partial charge is 0.274 e. The summed E-state index contributed by atoms with van der Waals surface area (Å²) in [5, 5.41) is 5.99. The summed E-state index contributed by atoms with van der Waals surface area (Å²) in [6.07, 6.45) is 0.588. The Morgan fingerprint density at radius 2 is 1.53 bits per heavy atom. The second-order valence-electron chi connectivity index (χ2n) is 7.18. The number of nitrogens with zero attached hydrogens (tertiary/aromatic N) is 1. The maximum Gasteiger partial charge on any atom is 0.274 e. The SMILES string of the molecule is CNC(=O)c1ccc(/C(Cc2ccccc2)=C2/Nc3ccccc3N(C)C2=O)cc1. The van der Waals surface area contributed by atoms with Crippen LogP contribution in [0.3, 0.4) is 0 Å². The van der Waals surface area contributed by atoms with Gasteiger partial charge in [-0.3, -0.25) is 9.59 Å². The number of hydrogen-bond donors (Lipinski definition) is 2. The highest BCUT2D eigenvalue weighted by Crippen LogP contribution is 2.35. The van der Waals surface area contributed by atoms with Crippen LogP contribution in [0.25, 0.3) is 5.57 Å². The van der Waals surface area contributed by atoms with Gasteiger partial charge in [0.25, 0.3) is 11.8 Å². The Bertz CT molecular complexity index is 1120. The van der Waals surface area contributed by atoms with Crippen molar-refractivity contribution in [3.63, 3.8) is 0 Å². The second kappa shape index (κ2) is 8.25. The predicted molar refractivity (Wildman–Crippen MR) is 120 cm³/mol. The molecule has 0 fully saturated rings. The number of para-hydroxylation sites is 2. The summed E-state index contributed by atoms with van der Waals surface area (Å²) in [6, 6.07) is 25.2. The molecule has 0 aromatic heterocycles. The summed E-state index contributed by atoms with van der Waals surface area (Å²) in [6.45, 7) is 0. The molecule has 0 radical (unpaired) electrons. The van der Waals surface area contributed by atoms with Crippen molar-refractivity contribution in [3.8, 4) is 0 Å². The maximum absolute atomic E-state index is 13.3. The molecule has 4 rings (SSSR count). The Labute approximate surface area is 176 Å². The van der Waals surface area contributed by atoms with Crippen LogP contribution in [0.5, 0.6) is 0 Å². The van der Waals surface area contributed by atoms with Crippen LogP contribution >= 0.6 is 0 Å². The fourth-order valence-corrected chi connectivity index (χ4v) is 3.64. The van der Waals surface area contributed by atoms with Crippen molar-refractivity contribution in [3.05, 3.63) is 101 Å². The van der Waals surface area contributed by atoms with E-state index in [-0.39, 0.29) is 11.8 Å². The molecular formula is C25H23N3O2. The Morgan fingerprint density at radius 1 is 0.900 bits per heavy atom. The zero-order valence-electron chi connectivity index (χ0n) is 17.0. The molecule has 1 aliphatic rings. The largest absolute Gasteiger partial charge is 0.355 e. The van der Waals surface area contributed by atoms with E-state index in [0.717, 1.165) is 28.1 Å². The van der Waals surface area contributed by atoms with E-state index in [1.54, 1.807) is 31.1 Å². The quantitative estimate of drug-likeness (QED) is 0.652. The Balaban J connectivity index is 1.83. The van der Waals surface area contributed by atoms with E-state index in [2.05, 4.69) is 10.6 Å². The van der Waals surface area contributed by atoms with Gasteiger partial charge in [0.2, 0.25) is 0 Å². The van der Waals surface area contributed by atoms with Crippen molar-refractivity contribution >= 4 is 28.8 Å². The number of amides is 2. The van der Waals surface area contributed by atoms with Crippen LogP contribution in [0.4, 0.5) is 11.4 Å². The van der Waals surface area contributed by atoms with E-state index in [1.165, 1.54) is 0 Å². The fourth-order valence-electron chi connectivity index (χ4n) is 3.64. The van der Waals surface area contributed by atoms with Crippen molar-refractivity contribution in [2.45, 2.75) is 6.42 Å². The summed E-state index contributed by atoms with van der Waals surface area (Å²) in [7, 11) is 3.40. The molecule has 150 valence electrons. The normalized spacial score (nSPS) is 14.6. The Kier molecular flexibility index (Phi) is 5.35. The van der Waals surface area contributed by atoms with Gasteiger partial charge in [-0.2, -0.15) is 0 Å². The minimum Gasteiger partial charge on any atom is -0.355 e. The summed E-state index contributed by atoms with van der Waals surface area (Å²) < 4.78 is 0. The van der Waals surface area contributed by atoms with Gasteiger partial charge < -0.3 is 15.5 Å². The molecule has 0 aliphatic carbocycles. The molecule has 5 nitrogen and oxygen atoms in total. The lowest BCUT2D eigenvalue weighted by Crippen LogP contribution is -2.36. The summed E-state index contributed by atoms with van der Waals surface area (Å²) in [5.74, 6) is -0.227. The van der Waals surface area contributed by atoms with E-state index >= 15 is 0 Å². The average Bonchev–Trinajstić information content (AvgIpc) is 2.80. The molecule has 2 N–H and O–H groups in total. The third-order valence-corrected chi connectivity index (χ3v) is 5.29. The maximum atomic E-state index is 13.3. The lowest BCUT2D eigenvalue weighted by atomic mass is 9.94. The van der Waals surface area contributed by atoms with Crippen LogP contribution in [0.1, 0.15) is 21.5 Å². The van der Waals surface area contributed by atoms with Gasteiger partial charge in [0.05, 0.1) is 11.4 Å². The van der Waals surface area contributed by atoms with E-state index < -0.39 is 0 Å². The third kappa shape index (κ3) is 3.70. The number of carbonyl (C=O) groups is 2. The van der Waals surface area contributed by atoms with Gasteiger partial charge in [0.15, 0.2) is 0 Å². The first-order valence-corrected chi connectivity index (χ1v) is 9.82. The number of anilines is 2. The predicted octanol–water partition coefficient (Wildman–Crippen LogP) is 4.09. The number of likely N-dealkylation sites (N-methyl/N-ethyl adjacent to an activating group) is 1. The van der Waals surface area contributed by atoms with Crippen molar-refractivity contribution in [1.82, 2.24) is 5.32 Å². The third-order valence-electron chi connectivity index (χ3n) is 5.29. The van der Waals surface area contributed by atoms with Crippen LogP contribution < -0.4 is 15.5 Å². The number of hydrogen-bond acceptors (Lipinski definition) is 3. The van der Waals surface area contributed by atoms with Gasteiger partial charge in [-0.1, -0.05) is 54.6 Å². The summed E-state index contributed by atoms with van der Waals surface area (Å²) in [4.78, 5) is 26.9. The molecule has 0 saturated carbocycles. The molecule has 3 aromatic carbocycles. The fraction of sp³-hybridized carbons (Fsp3) is 0.120. The van der Waals surface area contributed by atoms with Crippen molar-refractivity contribution < 1.29 is 9.59 Å². The van der Waals surface area contributed by atoms with Crippen molar-refractivity contribution in [1.29, 1.82) is 0 Å². The van der Waals surface area contributed by atoms with Crippen LogP contribution in [-0.4, -0.2) is 25.9 Å². The van der Waals surface area contributed by atoms with Gasteiger partial charge in [0.1, 0.15) is 5.70 Å². The average molecular weight is 397 g/mol. The van der Waals surface area contributed by atoms with Crippen LogP contribution in [0, 0.1) is 0 Å². The standard InChI is InChI=1S/C25H23N3O2/c1-26-24(29)19-14-12-18(13-15-19)20(16-17-8-4-3-5-9-17)23-25(30)28(2)22-11-7-6-10-21(22)27-23/h3-15,27H,16H2,1-2H3,(H,26,29)/b23-20+. The van der Waals surface area contributed by atoms with Gasteiger partial charge in [-0.25, -0.2) is 0 Å². The highest BCUT2D eigenvalue weighted by Gasteiger charge is 2.28. The van der Waals surface area contributed by atoms with E-state index in [9.17, 15) is 9.59 Å². The molecule has 2 amide bonds. The Morgan fingerprint density at radius 3 is 2.23 bits per heavy atom. The molecule has 1 aliphatic heterocycles. The zero-order chi connectivity index (χ0) is 21.1. The minimum absolute atomic E-state index is 0.0880. The monoisotopic (exact) mass is 397 g/mol. The molecule has 0 atom stereocenters. The lowest BCUT2D eigenvalue weighted by molar-refractivity contribution is -0.114. The topological polar surface area (TPSA) is 61.4 Å². The molecule has 0 saturated heterocycles. The number of benzene rings is 3. The highest BCUT2D eigenvalue weighted by atomic mass is 16.2. The van der Waals surface area contributed by atoms with E-state index in [1.807, 2.05) is 66.7 Å². The summed E-state index contributed by atoms with van der Waals surface area (Å²) >= 11 is 0. The van der Waals surface area contributed by atoms with E-state index in [4.69, 9.17) is 0 Å². The number of fused-ring (bicyclic) bond motifs is 1. The second-order valence-corrected chi connectivity index (χ2v) is 7.18. The zero-order valence-corrected chi connectivity index (χ0v) is 17.0. The number of carbonyl (C=O) groups excluding carboxylic acids is 2. The Hall–Kier alpha value is -3.86. The van der Waals surface area contributed by atoms with E-state index in [0.29, 0.717) is 17.7 Å². The van der Waals surface area contributed by atoms with Crippen LogP contribution in [-0.2, 0) is 11.2 Å². The molecule has 0 unspecified atom stereocenters. The number of allylic oxidation sites excluding steroid dienone is 1. The molecule has 1 heterocycles. The molecule has 0 bridgehead atoms. The molecule has 3 aromatic rings. The minimum atomic E-state index is -0.139. The van der Waals surface area contributed by atoms with Crippen LogP contribution in [0.15, 0.2) is 84.6 Å². The first-order valence-electron chi connectivity index (χ1n) is 9.82. The van der Waals surface area contributed by atoms with Crippen LogP contribution in [0.2, 0.25) is 0 Å². The van der Waals surface area contributed by atoms with Crippen molar-refractivity contribution in [2.24, 2.45) is 0 Å². The summed E-state index contributed by atoms with van der Waals surface area (Å²) in [5.41, 5.74) is 5.75. The molecular weight excluding hydrogens is 374 g/mol. The van der Waals surface area contributed by atoms with Gasteiger partial charge in [-0.05, 0) is 41.0 Å². The highest BCUT2D eigenvalue weighted by molar-refractivity contribution is 6.16.